The summed E-state index contributed by atoms with van der Waals surface area (Å²) in [4.78, 5) is 2.24. The molecule has 0 bridgehead atoms. The Labute approximate surface area is 98.2 Å². The van der Waals surface area contributed by atoms with Crippen LogP contribution in [-0.2, 0) is 0 Å². The van der Waals surface area contributed by atoms with E-state index >= 15 is 0 Å². The molecule has 0 heterocycles. The van der Waals surface area contributed by atoms with Gasteiger partial charge in [0.2, 0.25) is 0 Å². The van der Waals surface area contributed by atoms with Crippen LogP contribution in [0.1, 0.15) is 25.5 Å². The number of nitrogens with zero attached hydrogens (tertiary/aromatic N) is 1. The van der Waals surface area contributed by atoms with Crippen molar-refractivity contribution in [3.63, 3.8) is 0 Å². The molecule has 2 N–H and O–H groups in total. The molecule has 0 spiro atoms. The molecule has 1 aromatic carbocycles. The first kappa shape index (κ1) is 13.0. The average molecular weight is 222 g/mol. The summed E-state index contributed by atoms with van der Waals surface area (Å²) >= 11 is 0. The van der Waals surface area contributed by atoms with Gasteiger partial charge in [-0.25, -0.2) is 0 Å². The number of hydrogen-bond donors (Lipinski definition) is 1. The Kier molecular flexibility index (Phi) is 4.77. The summed E-state index contributed by atoms with van der Waals surface area (Å²) in [5.74, 6) is 0.861. The van der Waals surface area contributed by atoms with Crippen LogP contribution in [0.4, 0.5) is 0 Å². The quantitative estimate of drug-likeness (QED) is 0.828. The van der Waals surface area contributed by atoms with Gasteiger partial charge in [-0.1, -0.05) is 12.1 Å². The van der Waals surface area contributed by atoms with Crippen LogP contribution in [0.2, 0.25) is 0 Å². The fourth-order valence-electron chi connectivity index (χ4n) is 1.50. The number of likely N-dealkylation sites (N-methyl/N-ethyl adjacent to an activating group) is 1. The zero-order chi connectivity index (χ0) is 12.1. The van der Waals surface area contributed by atoms with Crippen molar-refractivity contribution in [1.29, 1.82) is 0 Å². The Balaban J connectivity index is 2.68. The first-order valence-corrected chi connectivity index (χ1v) is 5.64. The van der Waals surface area contributed by atoms with Gasteiger partial charge in [-0.3, -0.25) is 0 Å². The van der Waals surface area contributed by atoms with Gasteiger partial charge in [-0.05, 0) is 38.6 Å². The molecular weight excluding hydrogens is 200 g/mol. The van der Waals surface area contributed by atoms with Crippen molar-refractivity contribution < 1.29 is 4.74 Å². The van der Waals surface area contributed by atoms with Crippen LogP contribution < -0.4 is 10.5 Å². The molecule has 0 aliphatic heterocycles. The van der Waals surface area contributed by atoms with Gasteiger partial charge in [0.25, 0.3) is 0 Å². The highest BCUT2D eigenvalue weighted by Crippen LogP contribution is 2.18. The van der Waals surface area contributed by atoms with Crippen molar-refractivity contribution in [3.05, 3.63) is 29.8 Å². The van der Waals surface area contributed by atoms with Gasteiger partial charge < -0.3 is 15.4 Å². The molecule has 0 amide bonds. The van der Waals surface area contributed by atoms with E-state index in [1.54, 1.807) is 7.11 Å². The SMILES string of the molecule is COc1cccc(C(N)CN(C)C(C)C)c1. The lowest BCUT2D eigenvalue weighted by Gasteiger charge is -2.25. The van der Waals surface area contributed by atoms with Crippen LogP contribution in [0.5, 0.6) is 5.75 Å². The number of ether oxygens (including phenoxy) is 1. The summed E-state index contributed by atoms with van der Waals surface area (Å²) in [7, 11) is 3.76. The van der Waals surface area contributed by atoms with Gasteiger partial charge in [0.1, 0.15) is 5.75 Å². The lowest BCUT2D eigenvalue weighted by molar-refractivity contribution is 0.257. The smallest absolute Gasteiger partial charge is 0.119 e. The van der Waals surface area contributed by atoms with E-state index < -0.39 is 0 Å². The summed E-state index contributed by atoms with van der Waals surface area (Å²) in [5.41, 5.74) is 7.28. The minimum Gasteiger partial charge on any atom is -0.497 e. The summed E-state index contributed by atoms with van der Waals surface area (Å²) in [5, 5.41) is 0. The standard InChI is InChI=1S/C13H22N2O/c1-10(2)15(3)9-13(14)11-6-5-7-12(8-11)16-4/h5-8,10,13H,9,14H2,1-4H3. The molecule has 0 fully saturated rings. The predicted octanol–water partition coefficient (Wildman–Crippen LogP) is 2.04. The van der Waals surface area contributed by atoms with Crippen molar-refractivity contribution in [2.75, 3.05) is 20.7 Å². The number of hydrogen-bond acceptors (Lipinski definition) is 3. The van der Waals surface area contributed by atoms with Gasteiger partial charge in [0, 0.05) is 18.6 Å². The molecule has 0 saturated heterocycles. The third-order valence-electron chi connectivity index (χ3n) is 2.89. The second kappa shape index (κ2) is 5.87. The van der Waals surface area contributed by atoms with Gasteiger partial charge >= 0.3 is 0 Å². The molecule has 1 atom stereocenters. The van der Waals surface area contributed by atoms with Crippen LogP contribution in [0.15, 0.2) is 24.3 Å². The normalized spacial score (nSPS) is 13.2. The molecule has 0 aliphatic rings. The van der Waals surface area contributed by atoms with E-state index in [-0.39, 0.29) is 6.04 Å². The van der Waals surface area contributed by atoms with Crippen LogP contribution in [-0.4, -0.2) is 31.6 Å². The fraction of sp³-hybridized carbons (Fsp3) is 0.538. The average Bonchev–Trinajstić information content (AvgIpc) is 2.28. The second-order valence-electron chi connectivity index (χ2n) is 4.42. The number of methoxy groups -OCH3 is 1. The van der Waals surface area contributed by atoms with E-state index in [1.807, 2.05) is 24.3 Å². The Morgan fingerprint density at radius 2 is 2.06 bits per heavy atom. The number of nitrogens with two attached hydrogens (primary N) is 1. The highest BCUT2D eigenvalue weighted by molar-refractivity contribution is 5.30. The molecule has 0 saturated carbocycles. The maximum atomic E-state index is 6.16. The molecule has 1 aromatic rings. The van der Waals surface area contributed by atoms with Crippen LogP contribution in [0.25, 0.3) is 0 Å². The Hall–Kier alpha value is -1.06. The van der Waals surface area contributed by atoms with Crippen LogP contribution >= 0.6 is 0 Å². The maximum Gasteiger partial charge on any atom is 0.119 e. The third kappa shape index (κ3) is 3.51. The third-order valence-corrected chi connectivity index (χ3v) is 2.89. The molecule has 1 unspecified atom stereocenters. The Morgan fingerprint density at radius 3 is 2.62 bits per heavy atom. The fourth-order valence-corrected chi connectivity index (χ4v) is 1.50. The number of benzene rings is 1. The zero-order valence-corrected chi connectivity index (χ0v) is 10.6. The predicted molar refractivity (Wildman–Crippen MR) is 67.7 cm³/mol. The van der Waals surface area contributed by atoms with Crippen LogP contribution in [0, 0.1) is 0 Å². The van der Waals surface area contributed by atoms with E-state index in [0.29, 0.717) is 6.04 Å². The van der Waals surface area contributed by atoms with E-state index in [1.165, 1.54) is 0 Å². The van der Waals surface area contributed by atoms with E-state index in [9.17, 15) is 0 Å². The Morgan fingerprint density at radius 1 is 1.38 bits per heavy atom. The number of rotatable bonds is 5. The molecule has 0 aliphatic carbocycles. The highest BCUT2D eigenvalue weighted by Gasteiger charge is 2.11. The molecule has 3 heteroatoms. The monoisotopic (exact) mass is 222 g/mol. The maximum absolute atomic E-state index is 6.16. The van der Waals surface area contributed by atoms with Crippen molar-refractivity contribution in [3.8, 4) is 5.75 Å². The van der Waals surface area contributed by atoms with Gasteiger partial charge in [0.05, 0.1) is 7.11 Å². The second-order valence-corrected chi connectivity index (χ2v) is 4.42. The molecule has 3 nitrogen and oxygen atoms in total. The van der Waals surface area contributed by atoms with Crippen molar-refractivity contribution in [2.24, 2.45) is 5.73 Å². The van der Waals surface area contributed by atoms with E-state index in [2.05, 4.69) is 25.8 Å². The van der Waals surface area contributed by atoms with Crippen molar-refractivity contribution in [2.45, 2.75) is 25.9 Å². The first-order chi connectivity index (χ1) is 7.54. The molecule has 90 valence electrons. The summed E-state index contributed by atoms with van der Waals surface area (Å²) in [6.45, 7) is 5.18. The molecule has 1 rings (SSSR count). The zero-order valence-electron chi connectivity index (χ0n) is 10.6. The summed E-state index contributed by atoms with van der Waals surface area (Å²) in [6.07, 6.45) is 0. The summed E-state index contributed by atoms with van der Waals surface area (Å²) < 4.78 is 5.19. The topological polar surface area (TPSA) is 38.5 Å². The largest absolute Gasteiger partial charge is 0.497 e. The van der Waals surface area contributed by atoms with Gasteiger partial charge in [-0.15, -0.1) is 0 Å². The first-order valence-electron chi connectivity index (χ1n) is 5.64. The minimum absolute atomic E-state index is 0.0301. The summed E-state index contributed by atoms with van der Waals surface area (Å²) in [6, 6.07) is 8.49. The molecule has 0 radical (unpaired) electrons. The van der Waals surface area contributed by atoms with E-state index in [0.717, 1.165) is 17.9 Å². The highest BCUT2D eigenvalue weighted by atomic mass is 16.5. The van der Waals surface area contributed by atoms with Gasteiger partial charge in [0.15, 0.2) is 0 Å². The lowest BCUT2D eigenvalue weighted by Crippen LogP contribution is -2.33. The van der Waals surface area contributed by atoms with Crippen molar-refractivity contribution in [1.82, 2.24) is 4.90 Å². The molecular formula is C13H22N2O. The minimum atomic E-state index is 0.0301. The molecule has 0 aromatic heterocycles. The Bertz CT molecular complexity index is 325. The van der Waals surface area contributed by atoms with Crippen LogP contribution in [0.3, 0.4) is 0 Å². The van der Waals surface area contributed by atoms with E-state index in [4.69, 9.17) is 10.5 Å². The van der Waals surface area contributed by atoms with Crippen molar-refractivity contribution >= 4 is 0 Å². The lowest BCUT2D eigenvalue weighted by atomic mass is 10.1. The molecule has 16 heavy (non-hydrogen) atoms. The van der Waals surface area contributed by atoms with Gasteiger partial charge in [-0.2, -0.15) is 0 Å².